The molecule has 0 saturated carbocycles. The molecule has 0 aromatic heterocycles. The standard InChI is InChI=1S/C18H29NO2.CH3Br/c1-5-15(4)17(16-11-9-8-10-12-16)18(20)21-14-13-19(6-2)7-3;1-2/h8-12,15,17H,5-7,13-14H2,1-4H3;1H3. The maximum Gasteiger partial charge on any atom is 0.313 e. The Morgan fingerprint density at radius 2 is 1.70 bits per heavy atom. The van der Waals surface area contributed by atoms with Crippen LogP contribution in [0.1, 0.15) is 45.6 Å². The molecule has 0 fully saturated rings. The number of benzene rings is 1. The zero-order valence-corrected chi connectivity index (χ0v) is 16.8. The van der Waals surface area contributed by atoms with E-state index in [1.165, 1.54) is 0 Å². The Hall–Kier alpha value is -0.870. The van der Waals surface area contributed by atoms with Crippen LogP contribution in [0.4, 0.5) is 0 Å². The quantitative estimate of drug-likeness (QED) is 0.455. The second-order valence-electron chi connectivity index (χ2n) is 5.47. The van der Waals surface area contributed by atoms with Crippen LogP contribution in [0.15, 0.2) is 30.3 Å². The third-order valence-corrected chi connectivity index (χ3v) is 4.17. The first-order valence-corrected chi connectivity index (χ1v) is 10.0. The van der Waals surface area contributed by atoms with E-state index in [0.29, 0.717) is 6.61 Å². The highest BCUT2D eigenvalue weighted by Crippen LogP contribution is 2.28. The molecule has 23 heavy (non-hydrogen) atoms. The van der Waals surface area contributed by atoms with E-state index in [2.05, 4.69) is 48.5 Å². The minimum absolute atomic E-state index is 0.0947. The van der Waals surface area contributed by atoms with Gasteiger partial charge in [-0.15, -0.1) is 0 Å². The minimum atomic E-state index is -0.159. The van der Waals surface area contributed by atoms with Gasteiger partial charge in [0.25, 0.3) is 0 Å². The van der Waals surface area contributed by atoms with E-state index in [9.17, 15) is 4.79 Å². The van der Waals surface area contributed by atoms with E-state index in [4.69, 9.17) is 4.74 Å². The van der Waals surface area contributed by atoms with Crippen LogP contribution in [0.25, 0.3) is 0 Å². The molecule has 0 heterocycles. The van der Waals surface area contributed by atoms with Crippen LogP contribution < -0.4 is 0 Å². The van der Waals surface area contributed by atoms with Crippen molar-refractivity contribution in [3.05, 3.63) is 35.9 Å². The van der Waals surface area contributed by atoms with Gasteiger partial charge in [0.15, 0.2) is 0 Å². The van der Waals surface area contributed by atoms with E-state index in [1.54, 1.807) is 0 Å². The van der Waals surface area contributed by atoms with Crippen LogP contribution >= 0.6 is 15.9 Å². The molecule has 4 heteroatoms. The highest BCUT2D eigenvalue weighted by Gasteiger charge is 2.27. The lowest BCUT2D eigenvalue weighted by Crippen LogP contribution is -2.30. The first-order chi connectivity index (χ1) is 11.1. The number of hydrogen-bond donors (Lipinski definition) is 0. The Labute approximate surface area is 150 Å². The Morgan fingerprint density at radius 1 is 1.13 bits per heavy atom. The Kier molecular flexibility index (Phi) is 13.0. The molecule has 1 aromatic rings. The third-order valence-electron chi connectivity index (χ3n) is 4.17. The van der Waals surface area contributed by atoms with Gasteiger partial charge >= 0.3 is 5.97 Å². The number of rotatable bonds is 9. The fourth-order valence-electron chi connectivity index (χ4n) is 2.50. The first-order valence-electron chi connectivity index (χ1n) is 8.45. The summed E-state index contributed by atoms with van der Waals surface area (Å²) in [5.74, 6) is 1.84. The molecule has 0 aliphatic rings. The number of nitrogens with zero attached hydrogens (tertiary/aromatic N) is 1. The van der Waals surface area contributed by atoms with E-state index in [1.807, 2.05) is 36.2 Å². The van der Waals surface area contributed by atoms with Crippen LogP contribution in [0.5, 0.6) is 0 Å². The normalized spacial score (nSPS) is 13.0. The second kappa shape index (κ2) is 13.6. The third kappa shape index (κ3) is 7.98. The van der Waals surface area contributed by atoms with Gasteiger partial charge in [0, 0.05) is 6.54 Å². The molecule has 1 rings (SSSR count). The first kappa shape index (κ1) is 22.1. The van der Waals surface area contributed by atoms with Gasteiger partial charge < -0.3 is 9.64 Å². The number of alkyl halides is 1. The summed E-state index contributed by atoms with van der Waals surface area (Å²) in [5.41, 5.74) is 1.06. The number of halogens is 1. The zero-order valence-electron chi connectivity index (χ0n) is 15.2. The molecule has 2 atom stereocenters. The summed E-state index contributed by atoms with van der Waals surface area (Å²) in [4.78, 5) is 14.7. The number of likely N-dealkylation sites (N-methyl/N-ethyl adjacent to an activating group) is 1. The summed E-state index contributed by atoms with van der Waals surface area (Å²) in [7, 11) is 0. The van der Waals surface area contributed by atoms with Crippen molar-refractivity contribution in [3.63, 3.8) is 0 Å². The van der Waals surface area contributed by atoms with E-state index in [-0.39, 0.29) is 17.8 Å². The highest BCUT2D eigenvalue weighted by molar-refractivity contribution is 9.08. The smallest absolute Gasteiger partial charge is 0.313 e. The van der Waals surface area contributed by atoms with Gasteiger partial charge in [-0.1, -0.05) is 80.4 Å². The van der Waals surface area contributed by atoms with Gasteiger partial charge in [0.05, 0.1) is 5.92 Å². The van der Waals surface area contributed by atoms with Crippen molar-refractivity contribution < 1.29 is 9.53 Å². The molecule has 3 nitrogen and oxygen atoms in total. The molecule has 132 valence electrons. The monoisotopic (exact) mass is 385 g/mol. The predicted octanol–water partition coefficient (Wildman–Crippen LogP) is 4.71. The topological polar surface area (TPSA) is 29.5 Å². The van der Waals surface area contributed by atoms with E-state index < -0.39 is 0 Å². The van der Waals surface area contributed by atoms with Gasteiger partial charge in [-0.25, -0.2) is 0 Å². The van der Waals surface area contributed by atoms with Crippen molar-refractivity contribution in [3.8, 4) is 0 Å². The van der Waals surface area contributed by atoms with E-state index in [0.717, 1.165) is 31.6 Å². The molecule has 0 radical (unpaired) electrons. The number of carbonyl (C=O) groups is 1. The Balaban J connectivity index is 0.00000232. The lowest BCUT2D eigenvalue weighted by Gasteiger charge is -2.23. The minimum Gasteiger partial charge on any atom is -0.464 e. The molecule has 1 aromatic carbocycles. The van der Waals surface area contributed by atoms with Gasteiger partial charge in [-0.3, -0.25) is 4.79 Å². The molecule has 0 aliphatic carbocycles. The van der Waals surface area contributed by atoms with Crippen LogP contribution in [0.3, 0.4) is 0 Å². The van der Waals surface area contributed by atoms with Crippen molar-refractivity contribution in [1.29, 1.82) is 0 Å². The summed E-state index contributed by atoms with van der Waals surface area (Å²) in [6.45, 7) is 11.7. The van der Waals surface area contributed by atoms with Gasteiger partial charge in [0.1, 0.15) is 6.61 Å². The van der Waals surface area contributed by atoms with Gasteiger partial charge in [-0.05, 0) is 30.4 Å². The summed E-state index contributed by atoms with van der Waals surface area (Å²) >= 11 is 2.94. The zero-order chi connectivity index (χ0) is 17.7. The summed E-state index contributed by atoms with van der Waals surface area (Å²) in [6, 6.07) is 9.97. The maximum atomic E-state index is 12.5. The van der Waals surface area contributed by atoms with Crippen LogP contribution in [0.2, 0.25) is 0 Å². The number of esters is 1. The molecule has 2 unspecified atom stereocenters. The average molecular weight is 386 g/mol. The molecule has 0 spiro atoms. The lowest BCUT2D eigenvalue weighted by atomic mass is 9.86. The molecular formula is C19H32BrNO2. The summed E-state index contributed by atoms with van der Waals surface area (Å²) in [6.07, 6.45) is 0.963. The summed E-state index contributed by atoms with van der Waals surface area (Å²) in [5, 5.41) is 0. The van der Waals surface area contributed by atoms with E-state index >= 15 is 0 Å². The molecule has 0 amide bonds. The van der Waals surface area contributed by atoms with Crippen molar-refractivity contribution in [2.24, 2.45) is 5.92 Å². The maximum absolute atomic E-state index is 12.5. The van der Waals surface area contributed by atoms with Gasteiger partial charge in [-0.2, -0.15) is 0 Å². The molecule has 0 aliphatic heterocycles. The largest absolute Gasteiger partial charge is 0.464 e. The SMILES string of the molecule is CBr.CCC(C)C(C(=O)OCCN(CC)CC)c1ccccc1. The number of hydrogen-bond acceptors (Lipinski definition) is 3. The van der Waals surface area contributed by atoms with Crippen LogP contribution in [0, 0.1) is 5.92 Å². The summed E-state index contributed by atoms with van der Waals surface area (Å²) < 4.78 is 5.54. The molecule has 0 bridgehead atoms. The van der Waals surface area contributed by atoms with Crippen LogP contribution in [-0.4, -0.2) is 42.9 Å². The average Bonchev–Trinajstić information content (AvgIpc) is 2.61. The number of ether oxygens (including phenoxy) is 1. The van der Waals surface area contributed by atoms with Crippen molar-refractivity contribution >= 4 is 21.9 Å². The van der Waals surface area contributed by atoms with Crippen molar-refractivity contribution in [2.75, 3.05) is 32.1 Å². The van der Waals surface area contributed by atoms with Gasteiger partial charge in [0.2, 0.25) is 0 Å². The Bertz CT molecular complexity index is 407. The van der Waals surface area contributed by atoms with Crippen molar-refractivity contribution in [1.82, 2.24) is 4.90 Å². The highest BCUT2D eigenvalue weighted by atomic mass is 79.9. The predicted molar refractivity (Wildman–Crippen MR) is 102 cm³/mol. The molecular weight excluding hydrogens is 354 g/mol. The fraction of sp³-hybridized carbons (Fsp3) is 0.632. The second-order valence-corrected chi connectivity index (χ2v) is 5.47. The van der Waals surface area contributed by atoms with Crippen LogP contribution in [-0.2, 0) is 9.53 Å². The lowest BCUT2D eigenvalue weighted by molar-refractivity contribution is -0.147. The van der Waals surface area contributed by atoms with Crippen molar-refractivity contribution in [2.45, 2.75) is 40.0 Å². The Morgan fingerprint density at radius 3 is 2.17 bits per heavy atom. The molecule has 0 saturated heterocycles. The fourth-order valence-corrected chi connectivity index (χ4v) is 2.50. The number of carbonyl (C=O) groups excluding carboxylic acids is 1. The molecule has 0 N–H and O–H groups in total.